The average molecular weight is 298 g/mol. The van der Waals surface area contributed by atoms with Crippen molar-refractivity contribution in [3.8, 4) is 0 Å². The Labute approximate surface area is 131 Å². The van der Waals surface area contributed by atoms with Gasteiger partial charge in [0.05, 0.1) is 12.2 Å². The summed E-state index contributed by atoms with van der Waals surface area (Å²) in [5, 5.41) is 3.99. The smallest absolute Gasteiger partial charge is 0.222 e. The first kappa shape index (κ1) is 14.8. The number of benzene rings is 1. The maximum atomic E-state index is 12.3. The van der Waals surface area contributed by atoms with Crippen LogP contribution in [0.5, 0.6) is 0 Å². The summed E-state index contributed by atoms with van der Waals surface area (Å²) in [6, 6.07) is 10.5. The van der Waals surface area contributed by atoms with Crippen LogP contribution in [0.1, 0.15) is 42.3 Å². The molecule has 1 atom stereocenters. The van der Waals surface area contributed by atoms with Gasteiger partial charge in [-0.1, -0.05) is 42.4 Å². The standard InChI is InChI=1S/C18H22N2O2/c1-13-16(14(2)22-19-13)11-20-12-18(3,10-9-17(20)21)15-7-5-4-6-8-15/h4-8H,9-12H2,1-3H3. The second kappa shape index (κ2) is 5.59. The second-order valence-electron chi connectivity index (χ2n) is 6.48. The van der Waals surface area contributed by atoms with E-state index in [1.165, 1.54) is 5.56 Å². The highest BCUT2D eigenvalue weighted by Crippen LogP contribution is 2.35. The predicted molar refractivity (Wildman–Crippen MR) is 84.4 cm³/mol. The summed E-state index contributed by atoms with van der Waals surface area (Å²) in [7, 11) is 0. The predicted octanol–water partition coefficient (Wildman–Crippen LogP) is 3.37. The molecule has 2 aromatic rings. The third-order valence-corrected chi connectivity index (χ3v) is 4.78. The molecule has 1 unspecified atom stereocenters. The first-order chi connectivity index (χ1) is 10.5. The zero-order chi connectivity index (χ0) is 15.7. The zero-order valence-corrected chi connectivity index (χ0v) is 13.4. The number of aromatic nitrogens is 1. The molecule has 116 valence electrons. The van der Waals surface area contributed by atoms with Crippen LogP contribution in [0.15, 0.2) is 34.9 Å². The van der Waals surface area contributed by atoms with Crippen molar-refractivity contribution in [2.45, 2.75) is 45.6 Å². The molecule has 0 saturated carbocycles. The Morgan fingerprint density at radius 3 is 2.64 bits per heavy atom. The van der Waals surface area contributed by atoms with Crippen molar-refractivity contribution in [2.24, 2.45) is 0 Å². The molecule has 1 aliphatic rings. The Morgan fingerprint density at radius 1 is 1.27 bits per heavy atom. The highest BCUT2D eigenvalue weighted by atomic mass is 16.5. The molecular formula is C18H22N2O2. The molecule has 3 rings (SSSR count). The summed E-state index contributed by atoms with van der Waals surface area (Å²) < 4.78 is 5.22. The number of piperidine rings is 1. The highest BCUT2D eigenvalue weighted by Gasteiger charge is 2.36. The van der Waals surface area contributed by atoms with E-state index in [1.54, 1.807) is 0 Å². The van der Waals surface area contributed by atoms with E-state index in [0.717, 1.165) is 30.0 Å². The molecule has 1 aromatic carbocycles. The summed E-state index contributed by atoms with van der Waals surface area (Å²) >= 11 is 0. The zero-order valence-electron chi connectivity index (χ0n) is 13.4. The number of nitrogens with zero attached hydrogens (tertiary/aromatic N) is 2. The van der Waals surface area contributed by atoms with Gasteiger partial charge < -0.3 is 9.42 Å². The Hall–Kier alpha value is -2.10. The Kier molecular flexibility index (Phi) is 3.77. The van der Waals surface area contributed by atoms with Gasteiger partial charge in [-0.3, -0.25) is 4.79 Å². The summed E-state index contributed by atoms with van der Waals surface area (Å²) in [5.74, 6) is 1.02. The van der Waals surface area contributed by atoms with Crippen LogP contribution in [0.4, 0.5) is 0 Å². The van der Waals surface area contributed by atoms with Crippen LogP contribution in [0.3, 0.4) is 0 Å². The number of rotatable bonds is 3. The van der Waals surface area contributed by atoms with Crippen LogP contribution in [0.25, 0.3) is 0 Å². The maximum absolute atomic E-state index is 12.3. The van der Waals surface area contributed by atoms with Crippen LogP contribution in [0.2, 0.25) is 0 Å². The second-order valence-corrected chi connectivity index (χ2v) is 6.48. The largest absolute Gasteiger partial charge is 0.361 e. The number of hydrogen-bond acceptors (Lipinski definition) is 3. The first-order valence-corrected chi connectivity index (χ1v) is 7.75. The molecule has 0 bridgehead atoms. The van der Waals surface area contributed by atoms with E-state index in [0.29, 0.717) is 13.0 Å². The van der Waals surface area contributed by atoms with Gasteiger partial charge in [0.1, 0.15) is 5.76 Å². The van der Waals surface area contributed by atoms with Crippen molar-refractivity contribution in [1.82, 2.24) is 10.1 Å². The molecule has 0 N–H and O–H groups in total. The molecule has 2 heterocycles. The topological polar surface area (TPSA) is 46.3 Å². The minimum atomic E-state index is 0.00808. The van der Waals surface area contributed by atoms with E-state index in [9.17, 15) is 4.79 Å². The molecule has 22 heavy (non-hydrogen) atoms. The third-order valence-electron chi connectivity index (χ3n) is 4.78. The van der Waals surface area contributed by atoms with E-state index in [1.807, 2.05) is 24.8 Å². The normalized spacial score (nSPS) is 22.1. The fraction of sp³-hybridized carbons (Fsp3) is 0.444. The molecule has 0 aliphatic carbocycles. The minimum absolute atomic E-state index is 0.00808. The van der Waals surface area contributed by atoms with Crippen molar-refractivity contribution in [3.05, 3.63) is 52.9 Å². The van der Waals surface area contributed by atoms with Crippen LogP contribution in [-0.2, 0) is 16.8 Å². The van der Waals surface area contributed by atoms with Gasteiger partial charge in [-0.25, -0.2) is 0 Å². The summed E-state index contributed by atoms with van der Waals surface area (Å²) in [5.41, 5.74) is 3.21. The van der Waals surface area contributed by atoms with E-state index in [-0.39, 0.29) is 11.3 Å². The minimum Gasteiger partial charge on any atom is -0.361 e. The van der Waals surface area contributed by atoms with Gasteiger partial charge in [-0.05, 0) is 25.8 Å². The Balaban J connectivity index is 1.84. The van der Waals surface area contributed by atoms with Crippen molar-refractivity contribution in [2.75, 3.05) is 6.54 Å². The fourth-order valence-corrected chi connectivity index (χ4v) is 3.27. The van der Waals surface area contributed by atoms with Gasteiger partial charge in [0.2, 0.25) is 5.91 Å². The fourth-order valence-electron chi connectivity index (χ4n) is 3.27. The number of aryl methyl sites for hydroxylation is 2. The van der Waals surface area contributed by atoms with Gasteiger partial charge in [0.25, 0.3) is 0 Å². The van der Waals surface area contributed by atoms with Gasteiger partial charge in [-0.2, -0.15) is 0 Å². The van der Waals surface area contributed by atoms with E-state index < -0.39 is 0 Å². The average Bonchev–Trinajstić information content (AvgIpc) is 2.84. The van der Waals surface area contributed by atoms with E-state index >= 15 is 0 Å². The molecule has 4 heteroatoms. The van der Waals surface area contributed by atoms with Gasteiger partial charge >= 0.3 is 0 Å². The van der Waals surface area contributed by atoms with Crippen molar-refractivity contribution in [3.63, 3.8) is 0 Å². The lowest BCUT2D eigenvalue weighted by Gasteiger charge is -2.40. The molecule has 1 amide bonds. The molecule has 0 radical (unpaired) electrons. The quantitative estimate of drug-likeness (QED) is 0.872. The summed E-state index contributed by atoms with van der Waals surface area (Å²) in [6.45, 7) is 7.40. The van der Waals surface area contributed by atoms with E-state index in [4.69, 9.17) is 4.52 Å². The van der Waals surface area contributed by atoms with Crippen LogP contribution in [0, 0.1) is 13.8 Å². The van der Waals surface area contributed by atoms with Crippen LogP contribution in [-0.4, -0.2) is 22.5 Å². The Bertz CT molecular complexity index is 658. The number of hydrogen-bond donors (Lipinski definition) is 0. The summed E-state index contributed by atoms with van der Waals surface area (Å²) in [6.07, 6.45) is 1.49. The number of amides is 1. The van der Waals surface area contributed by atoms with Crippen LogP contribution >= 0.6 is 0 Å². The lowest BCUT2D eigenvalue weighted by molar-refractivity contribution is -0.136. The summed E-state index contributed by atoms with van der Waals surface area (Å²) in [4.78, 5) is 14.3. The molecule has 1 fully saturated rings. The molecule has 1 aromatic heterocycles. The highest BCUT2D eigenvalue weighted by molar-refractivity contribution is 5.77. The number of likely N-dealkylation sites (tertiary alicyclic amines) is 1. The molecule has 1 aliphatic heterocycles. The monoisotopic (exact) mass is 298 g/mol. The lowest BCUT2D eigenvalue weighted by Crippen LogP contribution is -2.47. The molecule has 1 saturated heterocycles. The van der Waals surface area contributed by atoms with Crippen LogP contribution < -0.4 is 0 Å². The van der Waals surface area contributed by atoms with Gasteiger partial charge in [-0.15, -0.1) is 0 Å². The molecule has 4 nitrogen and oxygen atoms in total. The maximum Gasteiger partial charge on any atom is 0.222 e. The molecule has 0 spiro atoms. The van der Waals surface area contributed by atoms with Crippen molar-refractivity contribution in [1.29, 1.82) is 0 Å². The van der Waals surface area contributed by atoms with Crippen molar-refractivity contribution < 1.29 is 9.32 Å². The number of carbonyl (C=O) groups excluding carboxylic acids is 1. The third kappa shape index (κ3) is 2.65. The lowest BCUT2D eigenvalue weighted by atomic mass is 9.75. The van der Waals surface area contributed by atoms with Gasteiger partial charge in [0, 0.05) is 23.9 Å². The Morgan fingerprint density at radius 2 is 2.00 bits per heavy atom. The van der Waals surface area contributed by atoms with E-state index in [2.05, 4.69) is 36.3 Å². The number of carbonyl (C=O) groups is 1. The SMILES string of the molecule is Cc1noc(C)c1CN1CC(C)(c2ccccc2)CCC1=O. The van der Waals surface area contributed by atoms with Gasteiger partial charge in [0.15, 0.2) is 0 Å². The first-order valence-electron chi connectivity index (χ1n) is 7.75. The molecular weight excluding hydrogens is 276 g/mol. The van der Waals surface area contributed by atoms with Crippen molar-refractivity contribution >= 4 is 5.91 Å².